The highest BCUT2D eigenvalue weighted by molar-refractivity contribution is 6.33. The Morgan fingerprint density at radius 3 is 2.67 bits per heavy atom. The minimum absolute atomic E-state index is 0.00179. The van der Waals surface area contributed by atoms with E-state index in [0.717, 1.165) is 18.4 Å². The fourth-order valence-corrected chi connectivity index (χ4v) is 3.79. The quantitative estimate of drug-likeness (QED) is 0.773. The maximum absolute atomic E-state index is 13.2. The normalized spacial score (nSPS) is 15.5. The van der Waals surface area contributed by atoms with Gasteiger partial charge in [-0.2, -0.15) is 0 Å². The third-order valence-corrected chi connectivity index (χ3v) is 5.15. The standard InChI is InChI=1S/C19H23ClN2O2/c1-3-22(14-9-5-4-6-10-14)19(23)17-13(2)24-21-18(17)15-11-7-8-12-16(15)20/h7-8,11-12,14H,3-6,9-10H2,1-2H3. The lowest BCUT2D eigenvalue weighted by atomic mass is 9.93. The summed E-state index contributed by atoms with van der Waals surface area (Å²) >= 11 is 6.30. The molecule has 4 nitrogen and oxygen atoms in total. The van der Waals surface area contributed by atoms with E-state index in [4.69, 9.17) is 16.1 Å². The molecule has 0 saturated heterocycles. The van der Waals surface area contributed by atoms with Crippen LogP contribution in [0, 0.1) is 6.92 Å². The number of hydrogen-bond donors (Lipinski definition) is 0. The van der Waals surface area contributed by atoms with E-state index >= 15 is 0 Å². The zero-order chi connectivity index (χ0) is 17.1. The summed E-state index contributed by atoms with van der Waals surface area (Å²) in [6.45, 7) is 4.51. The first-order valence-electron chi connectivity index (χ1n) is 8.65. The highest BCUT2D eigenvalue weighted by atomic mass is 35.5. The molecule has 24 heavy (non-hydrogen) atoms. The smallest absolute Gasteiger partial charge is 0.259 e. The number of amides is 1. The number of aromatic nitrogens is 1. The van der Waals surface area contributed by atoms with Crippen LogP contribution in [-0.2, 0) is 0 Å². The lowest BCUT2D eigenvalue weighted by molar-refractivity contribution is 0.0647. The molecule has 0 bridgehead atoms. The van der Waals surface area contributed by atoms with Crippen LogP contribution in [0.3, 0.4) is 0 Å². The van der Waals surface area contributed by atoms with Gasteiger partial charge in [-0.05, 0) is 32.8 Å². The minimum atomic E-state index is -0.00179. The Hall–Kier alpha value is -1.81. The van der Waals surface area contributed by atoms with Gasteiger partial charge in [0.2, 0.25) is 0 Å². The van der Waals surface area contributed by atoms with Crippen LogP contribution in [-0.4, -0.2) is 28.6 Å². The molecule has 3 rings (SSSR count). The van der Waals surface area contributed by atoms with Crippen LogP contribution < -0.4 is 0 Å². The van der Waals surface area contributed by atoms with E-state index in [1.807, 2.05) is 30.0 Å². The van der Waals surface area contributed by atoms with Crippen molar-refractivity contribution >= 4 is 17.5 Å². The van der Waals surface area contributed by atoms with E-state index in [-0.39, 0.29) is 5.91 Å². The van der Waals surface area contributed by atoms with Gasteiger partial charge in [0.1, 0.15) is 17.0 Å². The topological polar surface area (TPSA) is 46.3 Å². The average molecular weight is 347 g/mol. The third kappa shape index (κ3) is 3.20. The monoisotopic (exact) mass is 346 g/mol. The van der Waals surface area contributed by atoms with Crippen LogP contribution in [0.25, 0.3) is 11.3 Å². The largest absolute Gasteiger partial charge is 0.360 e. The van der Waals surface area contributed by atoms with Gasteiger partial charge in [-0.15, -0.1) is 0 Å². The van der Waals surface area contributed by atoms with Crippen molar-refractivity contribution in [3.05, 3.63) is 40.6 Å². The van der Waals surface area contributed by atoms with Gasteiger partial charge in [0.25, 0.3) is 5.91 Å². The molecule has 1 aliphatic carbocycles. The van der Waals surface area contributed by atoms with Crippen LogP contribution in [0.5, 0.6) is 0 Å². The van der Waals surface area contributed by atoms with Crippen LogP contribution in [0.4, 0.5) is 0 Å². The summed E-state index contributed by atoms with van der Waals surface area (Å²) < 4.78 is 5.35. The summed E-state index contributed by atoms with van der Waals surface area (Å²) in [5, 5.41) is 4.69. The highest BCUT2D eigenvalue weighted by Gasteiger charge is 2.30. The molecule has 0 N–H and O–H groups in total. The Bertz CT molecular complexity index is 720. The molecule has 0 atom stereocenters. The average Bonchev–Trinajstić information content (AvgIpc) is 2.98. The number of aryl methyl sites for hydroxylation is 1. The number of halogens is 1. The molecule has 1 amide bonds. The molecule has 1 aliphatic rings. The number of benzene rings is 1. The van der Waals surface area contributed by atoms with E-state index in [2.05, 4.69) is 5.16 Å². The lowest BCUT2D eigenvalue weighted by Gasteiger charge is -2.33. The Morgan fingerprint density at radius 2 is 2.00 bits per heavy atom. The highest BCUT2D eigenvalue weighted by Crippen LogP contribution is 2.33. The summed E-state index contributed by atoms with van der Waals surface area (Å²) in [7, 11) is 0. The first-order chi connectivity index (χ1) is 11.6. The van der Waals surface area contributed by atoms with Gasteiger partial charge in [-0.3, -0.25) is 4.79 Å². The van der Waals surface area contributed by atoms with Gasteiger partial charge in [0, 0.05) is 18.2 Å². The maximum Gasteiger partial charge on any atom is 0.259 e. The molecule has 1 fully saturated rings. The van der Waals surface area contributed by atoms with Crippen LogP contribution >= 0.6 is 11.6 Å². The fraction of sp³-hybridized carbons (Fsp3) is 0.474. The van der Waals surface area contributed by atoms with Crippen molar-refractivity contribution in [2.45, 2.75) is 52.0 Å². The predicted octanol–water partition coefficient (Wildman–Crippen LogP) is 5.10. The maximum atomic E-state index is 13.2. The Labute approximate surface area is 147 Å². The second-order valence-corrected chi connectivity index (χ2v) is 6.73. The summed E-state index contributed by atoms with van der Waals surface area (Å²) in [6.07, 6.45) is 5.79. The van der Waals surface area contributed by atoms with E-state index in [1.165, 1.54) is 19.3 Å². The second kappa shape index (κ2) is 7.39. The molecule has 1 aromatic heterocycles. The first-order valence-corrected chi connectivity index (χ1v) is 9.03. The Kier molecular flexibility index (Phi) is 5.24. The predicted molar refractivity (Wildman–Crippen MR) is 95.3 cm³/mol. The Balaban J connectivity index is 1.98. The van der Waals surface area contributed by atoms with Crippen molar-refractivity contribution in [3.8, 4) is 11.3 Å². The van der Waals surface area contributed by atoms with Crippen molar-refractivity contribution in [1.29, 1.82) is 0 Å². The number of rotatable bonds is 4. The molecule has 0 spiro atoms. The van der Waals surface area contributed by atoms with Crippen LogP contribution in [0.2, 0.25) is 5.02 Å². The molecule has 1 heterocycles. The van der Waals surface area contributed by atoms with Gasteiger partial charge in [-0.1, -0.05) is 54.2 Å². The number of carbonyl (C=O) groups excluding carboxylic acids is 1. The van der Waals surface area contributed by atoms with Gasteiger partial charge in [0.15, 0.2) is 0 Å². The molecule has 0 aliphatic heterocycles. The molecule has 1 saturated carbocycles. The zero-order valence-electron chi connectivity index (χ0n) is 14.2. The number of hydrogen-bond acceptors (Lipinski definition) is 3. The van der Waals surface area contributed by atoms with Gasteiger partial charge in [-0.25, -0.2) is 0 Å². The van der Waals surface area contributed by atoms with Gasteiger partial charge < -0.3 is 9.42 Å². The summed E-state index contributed by atoms with van der Waals surface area (Å²) in [5.41, 5.74) is 1.81. The zero-order valence-corrected chi connectivity index (χ0v) is 15.0. The van der Waals surface area contributed by atoms with Crippen molar-refractivity contribution in [2.24, 2.45) is 0 Å². The minimum Gasteiger partial charge on any atom is -0.360 e. The summed E-state index contributed by atoms with van der Waals surface area (Å²) in [6, 6.07) is 7.73. The first kappa shape index (κ1) is 17.0. The van der Waals surface area contributed by atoms with Gasteiger partial charge >= 0.3 is 0 Å². The van der Waals surface area contributed by atoms with Crippen molar-refractivity contribution in [2.75, 3.05) is 6.54 Å². The van der Waals surface area contributed by atoms with Crippen LogP contribution in [0.1, 0.15) is 55.1 Å². The summed E-state index contributed by atoms with van der Waals surface area (Å²) in [5.74, 6) is 0.544. The number of nitrogens with zero attached hydrogens (tertiary/aromatic N) is 2. The molecular weight excluding hydrogens is 324 g/mol. The van der Waals surface area contributed by atoms with Crippen LogP contribution in [0.15, 0.2) is 28.8 Å². The van der Waals surface area contributed by atoms with E-state index < -0.39 is 0 Å². The molecule has 0 unspecified atom stereocenters. The van der Waals surface area contributed by atoms with Crippen molar-refractivity contribution in [1.82, 2.24) is 10.1 Å². The van der Waals surface area contributed by atoms with E-state index in [9.17, 15) is 4.79 Å². The van der Waals surface area contributed by atoms with E-state index in [1.54, 1.807) is 13.0 Å². The Morgan fingerprint density at radius 1 is 1.29 bits per heavy atom. The lowest BCUT2D eigenvalue weighted by Crippen LogP contribution is -2.41. The molecule has 5 heteroatoms. The van der Waals surface area contributed by atoms with E-state index in [0.29, 0.717) is 34.6 Å². The molecule has 1 aromatic carbocycles. The summed E-state index contributed by atoms with van der Waals surface area (Å²) in [4.78, 5) is 15.2. The van der Waals surface area contributed by atoms with Crippen molar-refractivity contribution < 1.29 is 9.32 Å². The molecule has 2 aromatic rings. The second-order valence-electron chi connectivity index (χ2n) is 6.33. The third-order valence-electron chi connectivity index (χ3n) is 4.82. The molecule has 128 valence electrons. The fourth-order valence-electron chi connectivity index (χ4n) is 3.57. The molecule has 0 radical (unpaired) electrons. The van der Waals surface area contributed by atoms with Gasteiger partial charge in [0.05, 0.1) is 5.02 Å². The van der Waals surface area contributed by atoms with Crippen molar-refractivity contribution in [3.63, 3.8) is 0 Å². The SMILES string of the molecule is CCN(C(=O)c1c(-c2ccccc2Cl)noc1C)C1CCCCC1. The molecular formula is C19H23ClN2O2. The number of carbonyl (C=O) groups is 1.